The van der Waals surface area contributed by atoms with Gasteiger partial charge in [0.15, 0.2) is 0 Å². The Balaban J connectivity index is 1.93. The maximum atomic E-state index is 11.8. The van der Waals surface area contributed by atoms with Gasteiger partial charge in [-0.1, -0.05) is 23.2 Å². The molecule has 0 unspecified atom stereocenters. The van der Waals surface area contributed by atoms with Gasteiger partial charge in [0.05, 0.1) is 21.8 Å². The van der Waals surface area contributed by atoms with Crippen molar-refractivity contribution in [3.05, 3.63) is 44.6 Å². The molecule has 0 aliphatic heterocycles. The van der Waals surface area contributed by atoms with E-state index in [0.717, 1.165) is 5.69 Å². The van der Waals surface area contributed by atoms with Gasteiger partial charge in [-0.2, -0.15) is 0 Å². The summed E-state index contributed by atoms with van der Waals surface area (Å²) < 4.78 is 0. The van der Waals surface area contributed by atoms with E-state index in [4.69, 9.17) is 23.2 Å². The third-order valence-corrected chi connectivity index (χ3v) is 3.36. The van der Waals surface area contributed by atoms with Crippen LogP contribution in [0.4, 0.5) is 0 Å². The maximum Gasteiger partial charge on any atom is 0.252 e. The van der Waals surface area contributed by atoms with E-state index in [1.807, 2.05) is 5.38 Å². The second-order valence-corrected chi connectivity index (χ2v) is 4.99. The number of carbonyl (C=O) groups is 1. The predicted octanol–water partition coefficient (Wildman–Crippen LogP) is 2.82. The Labute approximate surface area is 118 Å². The van der Waals surface area contributed by atoms with Crippen LogP contribution in [0, 0.1) is 0 Å². The van der Waals surface area contributed by atoms with Crippen LogP contribution in [-0.2, 0) is 6.42 Å². The van der Waals surface area contributed by atoms with E-state index in [-0.39, 0.29) is 16.1 Å². The Kier molecular flexibility index (Phi) is 4.52. The molecule has 0 fully saturated rings. The number of carbonyl (C=O) groups excluding carboxylic acids is 1. The molecule has 94 valence electrons. The Morgan fingerprint density at radius 3 is 2.94 bits per heavy atom. The summed E-state index contributed by atoms with van der Waals surface area (Å²) in [6, 6.07) is 1.45. The van der Waals surface area contributed by atoms with Crippen molar-refractivity contribution in [2.75, 3.05) is 6.54 Å². The van der Waals surface area contributed by atoms with Crippen LogP contribution in [0.25, 0.3) is 0 Å². The summed E-state index contributed by atoms with van der Waals surface area (Å²) >= 11 is 13.1. The van der Waals surface area contributed by atoms with E-state index in [9.17, 15) is 4.79 Å². The second kappa shape index (κ2) is 6.13. The van der Waals surface area contributed by atoms with Gasteiger partial charge in [-0.05, 0) is 6.07 Å². The Morgan fingerprint density at radius 2 is 2.22 bits per heavy atom. The van der Waals surface area contributed by atoms with Gasteiger partial charge in [-0.15, -0.1) is 11.3 Å². The molecule has 0 aliphatic rings. The van der Waals surface area contributed by atoms with Crippen LogP contribution in [0.3, 0.4) is 0 Å². The summed E-state index contributed by atoms with van der Waals surface area (Å²) in [6.45, 7) is 0.499. The molecule has 0 saturated carbocycles. The highest BCUT2D eigenvalue weighted by Crippen LogP contribution is 2.17. The van der Waals surface area contributed by atoms with Crippen molar-refractivity contribution < 1.29 is 4.79 Å². The number of hydrogen-bond donors (Lipinski definition) is 1. The number of halogens is 2. The summed E-state index contributed by atoms with van der Waals surface area (Å²) in [5.74, 6) is -0.264. The first kappa shape index (κ1) is 13.3. The van der Waals surface area contributed by atoms with Crippen LogP contribution in [0.2, 0.25) is 10.2 Å². The molecule has 0 spiro atoms. The van der Waals surface area contributed by atoms with Gasteiger partial charge in [0.25, 0.3) is 5.91 Å². The number of aromatic nitrogens is 2. The zero-order valence-corrected chi connectivity index (χ0v) is 11.5. The summed E-state index contributed by atoms with van der Waals surface area (Å²) in [5, 5.41) is 5.23. The third kappa shape index (κ3) is 3.41. The van der Waals surface area contributed by atoms with E-state index in [1.165, 1.54) is 23.6 Å². The smallest absolute Gasteiger partial charge is 0.252 e. The van der Waals surface area contributed by atoms with Gasteiger partial charge < -0.3 is 5.32 Å². The van der Waals surface area contributed by atoms with Gasteiger partial charge in [-0.3, -0.25) is 4.79 Å². The average molecular weight is 302 g/mol. The van der Waals surface area contributed by atoms with Crippen molar-refractivity contribution in [1.29, 1.82) is 0 Å². The van der Waals surface area contributed by atoms with Crippen molar-refractivity contribution in [3.8, 4) is 0 Å². The third-order valence-electron chi connectivity index (χ3n) is 2.22. The van der Waals surface area contributed by atoms with Crippen molar-refractivity contribution in [2.45, 2.75) is 6.42 Å². The minimum atomic E-state index is -0.264. The molecule has 0 aliphatic carbocycles. The van der Waals surface area contributed by atoms with Crippen LogP contribution in [0.15, 0.2) is 23.2 Å². The lowest BCUT2D eigenvalue weighted by Gasteiger charge is -2.05. The molecular formula is C11H9Cl2N3OS. The fourth-order valence-corrected chi connectivity index (χ4v) is 2.29. The standard InChI is InChI=1S/C11H9Cl2N3OS/c12-9-4-15-10(13)3-8(9)11(17)14-2-1-7-5-18-6-16-7/h3-6H,1-2H2,(H,14,17). The zero-order valence-electron chi connectivity index (χ0n) is 9.19. The lowest BCUT2D eigenvalue weighted by molar-refractivity contribution is 0.0954. The number of rotatable bonds is 4. The highest BCUT2D eigenvalue weighted by Gasteiger charge is 2.11. The van der Waals surface area contributed by atoms with Crippen LogP contribution in [0.1, 0.15) is 16.1 Å². The highest BCUT2D eigenvalue weighted by atomic mass is 35.5. The van der Waals surface area contributed by atoms with E-state index < -0.39 is 0 Å². The van der Waals surface area contributed by atoms with Crippen molar-refractivity contribution in [2.24, 2.45) is 0 Å². The van der Waals surface area contributed by atoms with E-state index in [2.05, 4.69) is 15.3 Å². The van der Waals surface area contributed by atoms with Crippen LogP contribution >= 0.6 is 34.5 Å². The number of thiazole rings is 1. The first-order valence-electron chi connectivity index (χ1n) is 5.13. The molecule has 0 radical (unpaired) electrons. The molecule has 2 aromatic heterocycles. The maximum absolute atomic E-state index is 11.8. The van der Waals surface area contributed by atoms with Gasteiger partial charge in [0.1, 0.15) is 5.15 Å². The predicted molar refractivity (Wildman–Crippen MR) is 72.4 cm³/mol. The van der Waals surface area contributed by atoms with Crippen molar-refractivity contribution in [3.63, 3.8) is 0 Å². The topological polar surface area (TPSA) is 54.9 Å². The van der Waals surface area contributed by atoms with E-state index >= 15 is 0 Å². The lowest BCUT2D eigenvalue weighted by atomic mass is 10.2. The lowest BCUT2D eigenvalue weighted by Crippen LogP contribution is -2.26. The molecule has 2 aromatic rings. The fourth-order valence-electron chi connectivity index (χ4n) is 1.35. The Morgan fingerprint density at radius 1 is 1.39 bits per heavy atom. The fraction of sp³-hybridized carbons (Fsp3) is 0.182. The Hall–Kier alpha value is -1.17. The van der Waals surface area contributed by atoms with Gasteiger partial charge in [0, 0.05) is 24.5 Å². The second-order valence-electron chi connectivity index (χ2n) is 3.47. The zero-order chi connectivity index (χ0) is 13.0. The molecule has 0 aromatic carbocycles. The van der Waals surface area contributed by atoms with Crippen molar-refractivity contribution >= 4 is 40.4 Å². The minimum Gasteiger partial charge on any atom is -0.352 e. The molecule has 18 heavy (non-hydrogen) atoms. The molecule has 0 bridgehead atoms. The molecule has 2 rings (SSSR count). The molecule has 7 heteroatoms. The van der Waals surface area contributed by atoms with Crippen LogP contribution in [0.5, 0.6) is 0 Å². The number of pyridine rings is 1. The number of hydrogen-bond acceptors (Lipinski definition) is 4. The van der Waals surface area contributed by atoms with Gasteiger partial charge >= 0.3 is 0 Å². The van der Waals surface area contributed by atoms with Crippen LogP contribution < -0.4 is 5.32 Å². The molecule has 0 saturated heterocycles. The number of nitrogens with one attached hydrogen (secondary N) is 1. The first-order valence-corrected chi connectivity index (χ1v) is 6.83. The summed E-state index contributed by atoms with van der Waals surface area (Å²) in [5.41, 5.74) is 3.05. The van der Waals surface area contributed by atoms with Gasteiger partial charge in [-0.25, -0.2) is 9.97 Å². The summed E-state index contributed by atoms with van der Waals surface area (Å²) in [4.78, 5) is 19.8. The largest absolute Gasteiger partial charge is 0.352 e. The van der Waals surface area contributed by atoms with Gasteiger partial charge in [0.2, 0.25) is 0 Å². The normalized spacial score (nSPS) is 10.3. The molecule has 2 heterocycles. The van der Waals surface area contributed by atoms with E-state index in [1.54, 1.807) is 5.51 Å². The monoisotopic (exact) mass is 301 g/mol. The summed E-state index contributed by atoms with van der Waals surface area (Å²) in [6.07, 6.45) is 2.05. The molecular weight excluding hydrogens is 293 g/mol. The Bertz CT molecular complexity index is 545. The van der Waals surface area contributed by atoms with E-state index in [0.29, 0.717) is 18.5 Å². The number of amides is 1. The first-order chi connectivity index (χ1) is 8.66. The highest BCUT2D eigenvalue weighted by molar-refractivity contribution is 7.07. The molecule has 1 N–H and O–H groups in total. The molecule has 1 amide bonds. The molecule has 0 atom stereocenters. The molecule has 4 nitrogen and oxygen atoms in total. The number of nitrogens with zero attached hydrogens (tertiary/aromatic N) is 2. The minimum absolute atomic E-state index is 0.240. The van der Waals surface area contributed by atoms with Crippen molar-refractivity contribution in [1.82, 2.24) is 15.3 Å². The average Bonchev–Trinajstić information content (AvgIpc) is 2.85. The quantitative estimate of drug-likeness (QED) is 0.884. The SMILES string of the molecule is O=C(NCCc1cscn1)c1cc(Cl)ncc1Cl. The van der Waals surface area contributed by atoms with Crippen LogP contribution in [-0.4, -0.2) is 22.4 Å². The summed E-state index contributed by atoms with van der Waals surface area (Å²) in [7, 11) is 0.